The van der Waals surface area contributed by atoms with E-state index in [-0.39, 0.29) is 0 Å². The van der Waals surface area contributed by atoms with Crippen LogP contribution in [0.15, 0.2) is 90.1 Å². The maximum Gasteiger partial charge on any atom is 0.248 e. The number of hydrogen-bond acceptors (Lipinski definition) is 5. The van der Waals surface area contributed by atoms with Crippen molar-refractivity contribution in [1.29, 1.82) is 0 Å². The van der Waals surface area contributed by atoms with Gasteiger partial charge >= 0.3 is 0 Å². The number of nitrogens with zero attached hydrogens (tertiary/aromatic N) is 3. The molecule has 2 heterocycles. The van der Waals surface area contributed by atoms with Gasteiger partial charge in [0.15, 0.2) is 5.82 Å². The third-order valence-electron chi connectivity index (χ3n) is 5.64. The Labute approximate surface area is 201 Å². The topological polar surface area (TPSA) is 95.1 Å². The molecule has 0 fully saturated rings. The maximum atomic E-state index is 12.5. The number of anilines is 1. The monoisotopic (exact) mass is 471 g/mol. The zero-order valence-electron chi connectivity index (χ0n) is 18.4. The Kier molecular flexibility index (Phi) is 5.77. The minimum atomic E-state index is -0.553. The lowest BCUT2D eigenvalue weighted by Gasteiger charge is -2.27. The molecule has 170 valence electrons. The summed E-state index contributed by atoms with van der Waals surface area (Å²) in [7, 11) is 0. The number of allylic oxidation sites excluding steroid dienone is 1. The fraction of sp³-hybridized carbons (Fsp3) is 0.115. The first-order valence-corrected chi connectivity index (χ1v) is 11.1. The van der Waals surface area contributed by atoms with Gasteiger partial charge in [0.1, 0.15) is 18.4 Å². The van der Waals surface area contributed by atoms with Crippen molar-refractivity contribution < 1.29 is 9.53 Å². The smallest absolute Gasteiger partial charge is 0.248 e. The van der Waals surface area contributed by atoms with Crippen molar-refractivity contribution in [3.05, 3.63) is 106 Å². The summed E-state index contributed by atoms with van der Waals surface area (Å²) in [6.07, 6.45) is 0. The molecule has 8 heteroatoms. The van der Waals surface area contributed by atoms with E-state index in [9.17, 15) is 4.79 Å². The summed E-state index contributed by atoms with van der Waals surface area (Å²) < 4.78 is 7.70. The Hall–Kier alpha value is -4.10. The van der Waals surface area contributed by atoms with Crippen LogP contribution in [0.4, 0.5) is 5.95 Å². The molecule has 7 nitrogen and oxygen atoms in total. The van der Waals surface area contributed by atoms with Crippen LogP contribution in [0.1, 0.15) is 24.1 Å². The van der Waals surface area contributed by atoms with E-state index >= 15 is 0 Å². The van der Waals surface area contributed by atoms with Crippen LogP contribution in [0, 0.1) is 0 Å². The molecule has 0 aliphatic carbocycles. The van der Waals surface area contributed by atoms with Gasteiger partial charge in [0.25, 0.3) is 0 Å². The number of aromatic nitrogens is 3. The number of benzene rings is 3. The summed E-state index contributed by atoms with van der Waals surface area (Å²) >= 11 is 6.03. The van der Waals surface area contributed by atoms with Crippen LogP contribution >= 0.6 is 11.6 Å². The molecule has 0 unspecified atom stereocenters. The Bertz CT molecular complexity index is 1380. The normalized spacial score (nSPS) is 14.9. The van der Waals surface area contributed by atoms with Crippen molar-refractivity contribution in [2.75, 3.05) is 5.32 Å². The molecule has 1 aliphatic heterocycles. The summed E-state index contributed by atoms with van der Waals surface area (Å²) in [6.45, 7) is 2.24. The van der Waals surface area contributed by atoms with E-state index < -0.39 is 11.9 Å². The van der Waals surface area contributed by atoms with Crippen LogP contribution in [0.25, 0.3) is 11.4 Å². The maximum absolute atomic E-state index is 12.5. The van der Waals surface area contributed by atoms with Gasteiger partial charge in [-0.05, 0) is 54.4 Å². The van der Waals surface area contributed by atoms with Gasteiger partial charge in [-0.15, -0.1) is 5.10 Å². The van der Waals surface area contributed by atoms with E-state index in [2.05, 4.69) is 10.3 Å². The molecule has 3 N–H and O–H groups in total. The second-order valence-electron chi connectivity index (χ2n) is 7.99. The molecule has 5 rings (SSSR count). The van der Waals surface area contributed by atoms with Gasteiger partial charge in [0, 0.05) is 16.3 Å². The highest BCUT2D eigenvalue weighted by atomic mass is 35.5. The highest BCUT2D eigenvalue weighted by Gasteiger charge is 2.33. The molecule has 1 amide bonds. The van der Waals surface area contributed by atoms with Gasteiger partial charge in [-0.25, -0.2) is 4.68 Å². The van der Waals surface area contributed by atoms with E-state index in [1.54, 1.807) is 16.8 Å². The van der Waals surface area contributed by atoms with Crippen LogP contribution < -0.4 is 15.8 Å². The van der Waals surface area contributed by atoms with Gasteiger partial charge in [0.2, 0.25) is 11.9 Å². The van der Waals surface area contributed by atoms with Crippen molar-refractivity contribution >= 4 is 23.5 Å². The third-order valence-corrected chi connectivity index (χ3v) is 5.89. The molecule has 1 atom stereocenters. The highest BCUT2D eigenvalue weighted by Crippen LogP contribution is 2.37. The zero-order valence-corrected chi connectivity index (χ0v) is 19.2. The van der Waals surface area contributed by atoms with E-state index in [0.717, 1.165) is 16.7 Å². The highest BCUT2D eigenvalue weighted by molar-refractivity contribution is 6.30. The minimum absolute atomic E-state index is 0.417. The zero-order chi connectivity index (χ0) is 23.7. The summed E-state index contributed by atoms with van der Waals surface area (Å²) in [5.41, 5.74) is 9.55. The molecule has 3 aromatic carbocycles. The number of rotatable bonds is 6. The number of amides is 1. The number of nitrogens with two attached hydrogens (primary N) is 1. The number of primary amides is 1. The summed E-state index contributed by atoms with van der Waals surface area (Å²) in [4.78, 5) is 17.1. The molecule has 0 bridgehead atoms. The average Bonchev–Trinajstić information content (AvgIpc) is 3.26. The Morgan fingerprint density at radius 2 is 1.85 bits per heavy atom. The van der Waals surface area contributed by atoms with Crippen molar-refractivity contribution in [3.63, 3.8) is 0 Å². The van der Waals surface area contributed by atoms with E-state index in [0.29, 0.717) is 40.4 Å². The minimum Gasteiger partial charge on any atom is -0.489 e. The molecule has 0 spiro atoms. The Morgan fingerprint density at radius 1 is 1.09 bits per heavy atom. The van der Waals surface area contributed by atoms with Crippen LogP contribution in [-0.4, -0.2) is 20.7 Å². The Balaban J connectivity index is 1.53. The fourth-order valence-corrected chi connectivity index (χ4v) is 4.14. The van der Waals surface area contributed by atoms with Crippen molar-refractivity contribution in [2.24, 2.45) is 5.73 Å². The number of halogens is 1. The molecule has 0 saturated heterocycles. The average molecular weight is 472 g/mol. The largest absolute Gasteiger partial charge is 0.489 e. The van der Waals surface area contributed by atoms with Crippen LogP contribution in [-0.2, 0) is 11.4 Å². The first-order valence-electron chi connectivity index (χ1n) is 10.8. The van der Waals surface area contributed by atoms with Crippen LogP contribution in [0.3, 0.4) is 0 Å². The molecule has 1 aliphatic rings. The third kappa shape index (κ3) is 4.25. The van der Waals surface area contributed by atoms with Crippen molar-refractivity contribution in [3.8, 4) is 17.1 Å². The molecule has 4 aromatic rings. The molecule has 0 radical (unpaired) electrons. The Morgan fingerprint density at radius 3 is 2.59 bits per heavy atom. The second-order valence-corrected chi connectivity index (χ2v) is 8.42. The number of hydrogen-bond donors (Lipinski definition) is 2. The number of nitrogens with one attached hydrogen (secondary N) is 1. The lowest BCUT2D eigenvalue weighted by molar-refractivity contribution is -0.115. The summed E-state index contributed by atoms with van der Waals surface area (Å²) in [5, 5.41) is 8.51. The predicted octanol–water partition coefficient (Wildman–Crippen LogP) is 4.95. The molecule has 0 saturated carbocycles. The van der Waals surface area contributed by atoms with Gasteiger partial charge in [0.05, 0.1) is 5.57 Å². The quantitative estimate of drug-likeness (QED) is 0.414. The summed E-state index contributed by atoms with van der Waals surface area (Å²) in [5.74, 6) is 1.19. The summed E-state index contributed by atoms with van der Waals surface area (Å²) in [6, 6.07) is 24.3. The van der Waals surface area contributed by atoms with E-state index in [1.165, 1.54) is 0 Å². The number of carbonyl (C=O) groups excluding carboxylic acids is 1. The van der Waals surface area contributed by atoms with Gasteiger partial charge in [-0.2, -0.15) is 4.98 Å². The lowest BCUT2D eigenvalue weighted by atomic mass is 9.95. The fourth-order valence-electron chi connectivity index (χ4n) is 4.01. The second kappa shape index (κ2) is 9.03. The number of fused-ring (bicyclic) bond motifs is 1. The lowest BCUT2D eigenvalue weighted by Crippen LogP contribution is -2.31. The molecule has 1 aromatic heterocycles. The van der Waals surface area contributed by atoms with E-state index in [1.807, 2.05) is 73.7 Å². The molecular weight excluding hydrogens is 450 g/mol. The SMILES string of the molecule is CC1=C(C(N)=O)[C@@H](c2cccc(OCc3ccccc3)c2)n2nc(-c3ccc(Cl)cc3)nc2N1. The standard InChI is InChI=1S/C26H22ClN5O2/c1-16-22(24(28)33)23(19-8-5-9-21(14-19)34-15-17-6-3-2-4-7-17)32-26(29-16)30-25(31-32)18-10-12-20(27)13-11-18/h2-14,23H,15H2,1H3,(H2,28,33)(H,29,30,31)/t23-/m1/s1. The van der Waals surface area contributed by atoms with Crippen molar-refractivity contribution in [2.45, 2.75) is 19.6 Å². The number of carbonyl (C=O) groups is 1. The first-order chi connectivity index (χ1) is 16.5. The van der Waals surface area contributed by atoms with Crippen LogP contribution in [0.5, 0.6) is 5.75 Å². The predicted molar refractivity (Wildman–Crippen MR) is 131 cm³/mol. The first kappa shape index (κ1) is 21.7. The number of ether oxygens (including phenoxy) is 1. The molecule has 34 heavy (non-hydrogen) atoms. The van der Waals surface area contributed by atoms with E-state index in [4.69, 9.17) is 27.2 Å². The van der Waals surface area contributed by atoms with Crippen LogP contribution in [0.2, 0.25) is 5.02 Å². The molecular formula is C26H22ClN5O2. The van der Waals surface area contributed by atoms with Gasteiger partial charge < -0.3 is 15.8 Å². The van der Waals surface area contributed by atoms with Gasteiger partial charge in [-0.3, -0.25) is 4.79 Å². The van der Waals surface area contributed by atoms with Crippen molar-refractivity contribution in [1.82, 2.24) is 14.8 Å². The van der Waals surface area contributed by atoms with Gasteiger partial charge in [-0.1, -0.05) is 54.1 Å².